The van der Waals surface area contributed by atoms with Crippen molar-refractivity contribution >= 4 is 17.5 Å². The van der Waals surface area contributed by atoms with E-state index < -0.39 is 17.4 Å². The van der Waals surface area contributed by atoms with Gasteiger partial charge in [-0.3, -0.25) is 14.5 Å². The Morgan fingerprint density at radius 1 is 1.38 bits per heavy atom. The van der Waals surface area contributed by atoms with E-state index in [4.69, 9.17) is 4.74 Å². The molecule has 1 aromatic carbocycles. The van der Waals surface area contributed by atoms with Gasteiger partial charge in [-0.05, 0) is 32.4 Å². The molecule has 0 bridgehead atoms. The fourth-order valence-electron chi connectivity index (χ4n) is 2.47. The molecule has 1 aromatic rings. The summed E-state index contributed by atoms with van der Waals surface area (Å²) in [6.07, 6.45) is 0.466. The molecule has 1 unspecified atom stereocenters. The van der Waals surface area contributed by atoms with Crippen LogP contribution in [0.5, 0.6) is 5.75 Å². The maximum atomic E-state index is 13.5. The van der Waals surface area contributed by atoms with Gasteiger partial charge in [-0.2, -0.15) is 0 Å². The lowest BCUT2D eigenvalue weighted by Crippen LogP contribution is -2.68. The Bertz CT molecular complexity index is 586. The molecule has 1 aliphatic heterocycles. The molecular weight excluding hydrogens is 275 g/mol. The summed E-state index contributed by atoms with van der Waals surface area (Å²) in [5.74, 6) is -0.922. The summed E-state index contributed by atoms with van der Waals surface area (Å²) in [6.45, 7) is 5.11. The van der Waals surface area contributed by atoms with Gasteiger partial charge >= 0.3 is 0 Å². The summed E-state index contributed by atoms with van der Waals surface area (Å²) in [4.78, 5) is 26.2. The summed E-state index contributed by atoms with van der Waals surface area (Å²) in [5.41, 5.74) is -0.544. The molecule has 0 radical (unpaired) electrons. The van der Waals surface area contributed by atoms with Crippen LogP contribution in [0.1, 0.15) is 27.2 Å². The highest BCUT2D eigenvalue weighted by Crippen LogP contribution is 2.30. The zero-order valence-electron chi connectivity index (χ0n) is 12.6. The highest BCUT2D eigenvalue weighted by atomic mass is 19.1. The van der Waals surface area contributed by atoms with Crippen LogP contribution in [0.2, 0.25) is 0 Å². The van der Waals surface area contributed by atoms with Crippen molar-refractivity contribution in [3.05, 3.63) is 24.0 Å². The van der Waals surface area contributed by atoms with Gasteiger partial charge in [0.05, 0.1) is 7.11 Å². The van der Waals surface area contributed by atoms with Gasteiger partial charge in [-0.15, -0.1) is 0 Å². The standard InChI is InChI=1S/C15H19FN2O3/c1-5-11-13(19)17-15(2,3)14(20)18(11)9-6-7-10(16)12(8-9)21-4/h6-8,11H,5H2,1-4H3,(H,17,19). The van der Waals surface area contributed by atoms with Crippen LogP contribution in [0, 0.1) is 5.82 Å². The minimum Gasteiger partial charge on any atom is -0.494 e. The first-order valence-corrected chi connectivity index (χ1v) is 6.81. The Kier molecular flexibility index (Phi) is 3.89. The molecular formula is C15H19FN2O3. The number of amides is 2. The van der Waals surface area contributed by atoms with Gasteiger partial charge in [-0.25, -0.2) is 4.39 Å². The van der Waals surface area contributed by atoms with E-state index in [9.17, 15) is 14.0 Å². The first kappa shape index (κ1) is 15.3. The smallest absolute Gasteiger partial charge is 0.252 e. The van der Waals surface area contributed by atoms with E-state index in [1.54, 1.807) is 13.8 Å². The van der Waals surface area contributed by atoms with Gasteiger partial charge in [0.15, 0.2) is 11.6 Å². The number of hydrogen-bond acceptors (Lipinski definition) is 3. The number of halogens is 1. The Balaban J connectivity index is 2.51. The van der Waals surface area contributed by atoms with Crippen LogP contribution in [0.3, 0.4) is 0 Å². The van der Waals surface area contributed by atoms with Crippen molar-refractivity contribution in [1.82, 2.24) is 5.32 Å². The topological polar surface area (TPSA) is 58.6 Å². The second-order valence-electron chi connectivity index (χ2n) is 5.53. The molecule has 2 amide bonds. The summed E-state index contributed by atoms with van der Waals surface area (Å²) in [5, 5.41) is 2.71. The average Bonchev–Trinajstić information content (AvgIpc) is 2.43. The second kappa shape index (κ2) is 5.35. The van der Waals surface area contributed by atoms with Crippen molar-refractivity contribution in [2.24, 2.45) is 0 Å². The van der Waals surface area contributed by atoms with Gasteiger partial charge < -0.3 is 10.1 Å². The number of hydrogen-bond donors (Lipinski definition) is 1. The Morgan fingerprint density at radius 3 is 2.62 bits per heavy atom. The summed E-state index contributed by atoms with van der Waals surface area (Å²) < 4.78 is 18.5. The number of benzene rings is 1. The van der Waals surface area contributed by atoms with E-state index in [0.717, 1.165) is 0 Å². The Labute approximate surface area is 123 Å². The highest BCUT2D eigenvalue weighted by molar-refractivity contribution is 6.10. The van der Waals surface area contributed by atoms with Crippen LogP contribution in [0.15, 0.2) is 18.2 Å². The third-order valence-electron chi connectivity index (χ3n) is 3.60. The lowest BCUT2D eigenvalue weighted by molar-refractivity contribution is -0.137. The molecule has 1 saturated heterocycles. The van der Waals surface area contributed by atoms with Crippen LogP contribution < -0.4 is 15.0 Å². The molecule has 6 heteroatoms. The third kappa shape index (κ3) is 2.57. The minimum absolute atomic E-state index is 0.0407. The number of nitrogens with one attached hydrogen (secondary N) is 1. The van der Waals surface area contributed by atoms with Gasteiger partial charge in [0, 0.05) is 11.8 Å². The minimum atomic E-state index is -0.996. The van der Waals surface area contributed by atoms with Crippen molar-refractivity contribution in [3.8, 4) is 5.75 Å². The summed E-state index contributed by atoms with van der Waals surface area (Å²) in [7, 11) is 1.36. The largest absolute Gasteiger partial charge is 0.494 e. The van der Waals surface area contributed by atoms with Crippen LogP contribution in [0.4, 0.5) is 10.1 Å². The first-order chi connectivity index (χ1) is 9.81. The molecule has 2 rings (SSSR count). The van der Waals surface area contributed by atoms with Crippen LogP contribution >= 0.6 is 0 Å². The fraction of sp³-hybridized carbons (Fsp3) is 0.467. The molecule has 5 nitrogen and oxygen atoms in total. The van der Waals surface area contributed by atoms with E-state index in [-0.39, 0.29) is 17.6 Å². The molecule has 1 fully saturated rings. The molecule has 0 aliphatic carbocycles. The van der Waals surface area contributed by atoms with E-state index in [1.165, 1.54) is 30.2 Å². The number of ether oxygens (including phenoxy) is 1. The van der Waals surface area contributed by atoms with Gasteiger partial charge in [0.1, 0.15) is 11.6 Å². The zero-order chi connectivity index (χ0) is 15.8. The van der Waals surface area contributed by atoms with E-state index in [0.29, 0.717) is 12.1 Å². The molecule has 1 heterocycles. The van der Waals surface area contributed by atoms with Crippen LogP contribution in [0.25, 0.3) is 0 Å². The van der Waals surface area contributed by atoms with Crippen LogP contribution in [-0.4, -0.2) is 30.5 Å². The molecule has 21 heavy (non-hydrogen) atoms. The van der Waals surface area contributed by atoms with Crippen molar-refractivity contribution in [3.63, 3.8) is 0 Å². The van der Waals surface area contributed by atoms with E-state index >= 15 is 0 Å². The lowest BCUT2D eigenvalue weighted by atomic mass is 9.95. The molecule has 114 valence electrons. The Hall–Kier alpha value is -2.11. The molecule has 0 saturated carbocycles. The van der Waals surface area contributed by atoms with Crippen molar-refractivity contribution < 1.29 is 18.7 Å². The number of rotatable bonds is 3. The normalized spacial score (nSPS) is 21.2. The van der Waals surface area contributed by atoms with Crippen molar-refractivity contribution in [2.45, 2.75) is 38.8 Å². The molecule has 1 atom stereocenters. The number of carbonyl (C=O) groups is 2. The summed E-state index contributed by atoms with van der Waals surface area (Å²) >= 11 is 0. The number of piperazine rings is 1. The van der Waals surface area contributed by atoms with Gasteiger partial charge in [0.2, 0.25) is 5.91 Å². The maximum Gasteiger partial charge on any atom is 0.252 e. The molecule has 1 aliphatic rings. The Morgan fingerprint density at radius 2 is 2.05 bits per heavy atom. The second-order valence-corrected chi connectivity index (χ2v) is 5.53. The molecule has 0 spiro atoms. The van der Waals surface area contributed by atoms with E-state index in [1.807, 2.05) is 6.92 Å². The van der Waals surface area contributed by atoms with Crippen molar-refractivity contribution in [1.29, 1.82) is 0 Å². The molecule has 0 aromatic heterocycles. The predicted octanol–water partition coefficient (Wildman–Crippen LogP) is 1.85. The van der Waals surface area contributed by atoms with E-state index in [2.05, 4.69) is 5.32 Å². The highest BCUT2D eigenvalue weighted by Gasteiger charge is 2.45. The zero-order valence-corrected chi connectivity index (χ0v) is 12.6. The lowest BCUT2D eigenvalue weighted by Gasteiger charge is -2.42. The van der Waals surface area contributed by atoms with Crippen LogP contribution in [-0.2, 0) is 9.59 Å². The first-order valence-electron chi connectivity index (χ1n) is 6.81. The van der Waals surface area contributed by atoms with Gasteiger partial charge in [0.25, 0.3) is 5.91 Å². The fourth-order valence-corrected chi connectivity index (χ4v) is 2.47. The quantitative estimate of drug-likeness (QED) is 0.925. The SMILES string of the molecule is CCC1C(=O)NC(C)(C)C(=O)N1c1ccc(F)c(OC)c1. The maximum absolute atomic E-state index is 13.5. The number of nitrogens with zero attached hydrogens (tertiary/aromatic N) is 1. The van der Waals surface area contributed by atoms with Crippen molar-refractivity contribution in [2.75, 3.05) is 12.0 Å². The predicted molar refractivity (Wildman–Crippen MR) is 76.7 cm³/mol. The monoisotopic (exact) mass is 294 g/mol. The molecule has 1 N–H and O–H groups in total. The van der Waals surface area contributed by atoms with Gasteiger partial charge in [-0.1, -0.05) is 6.92 Å². The average molecular weight is 294 g/mol. The number of carbonyl (C=O) groups excluding carboxylic acids is 2. The summed E-state index contributed by atoms with van der Waals surface area (Å²) in [6, 6.07) is 3.53. The third-order valence-corrected chi connectivity index (χ3v) is 3.60. The number of methoxy groups -OCH3 is 1. The number of anilines is 1.